The van der Waals surface area contributed by atoms with Crippen LogP contribution in [0.25, 0.3) is 10.9 Å². The molecule has 0 bridgehead atoms. The van der Waals surface area contributed by atoms with Crippen LogP contribution in [0.3, 0.4) is 0 Å². The minimum atomic E-state index is -0.0908. The average Bonchev–Trinajstić information content (AvgIpc) is 3.23. The van der Waals surface area contributed by atoms with Gasteiger partial charge >= 0.3 is 0 Å². The number of Topliss-reactive ketones (excluding diaryl/α,β-unsaturated/α-hetero) is 1. The molecule has 0 radical (unpaired) electrons. The van der Waals surface area contributed by atoms with Gasteiger partial charge in [0, 0.05) is 39.2 Å². The van der Waals surface area contributed by atoms with Crippen LogP contribution >= 0.6 is 11.3 Å². The Morgan fingerprint density at radius 1 is 1.27 bits per heavy atom. The topological polar surface area (TPSA) is 49.0 Å². The van der Waals surface area contributed by atoms with Crippen LogP contribution in [-0.2, 0) is 0 Å². The molecule has 0 saturated carbocycles. The highest BCUT2D eigenvalue weighted by Crippen LogP contribution is 2.32. The van der Waals surface area contributed by atoms with Crippen LogP contribution in [0.5, 0.6) is 0 Å². The molecule has 136 valence electrons. The Bertz CT molecular complexity index is 934. The molecule has 4 rings (SSSR count). The van der Waals surface area contributed by atoms with Crippen LogP contribution in [0.4, 0.5) is 0 Å². The second kappa shape index (κ2) is 6.97. The van der Waals surface area contributed by atoms with E-state index in [9.17, 15) is 4.79 Å². The molecule has 4 nitrogen and oxygen atoms in total. The fourth-order valence-corrected chi connectivity index (χ4v) is 5.03. The molecule has 1 aliphatic heterocycles. The molecule has 0 aliphatic carbocycles. The maximum Gasteiger partial charge on any atom is 0.182 e. The molecule has 1 aromatic carbocycles. The Morgan fingerprint density at radius 2 is 2.00 bits per heavy atom. The zero-order valence-electron chi connectivity index (χ0n) is 15.6. The number of H-pyrrole nitrogens is 1. The third-order valence-corrected chi connectivity index (χ3v) is 6.71. The number of hydrogen-bond acceptors (Lipinski definition) is 4. The molecule has 26 heavy (non-hydrogen) atoms. The van der Waals surface area contributed by atoms with Crippen molar-refractivity contribution in [2.45, 2.75) is 45.6 Å². The van der Waals surface area contributed by atoms with Crippen LogP contribution < -0.4 is 0 Å². The first kappa shape index (κ1) is 17.4. The van der Waals surface area contributed by atoms with E-state index < -0.39 is 0 Å². The molecule has 2 aromatic heterocycles. The van der Waals surface area contributed by atoms with Crippen LogP contribution in [0.1, 0.15) is 52.4 Å². The van der Waals surface area contributed by atoms with Crippen molar-refractivity contribution in [1.82, 2.24) is 14.9 Å². The minimum Gasteiger partial charge on any atom is -0.358 e. The van der Waals surface area contributed by atoms with Crippen LogP contribution in [0, 0.1) is 13.8 Å². The molecule has 1 fully saturated rings. The number of fused-ring (bicyclic) bond motifs is 1. The number of aromatic nitrogens is 2. The number of aryl methyl sites for hydroxylation is 2. The zero-order chi connectivity index (χ0) is 18.3. The summed E-state index contributed by atoms with van der Waals surface area (Å²) in [5, 5.41) is 4.43. The summed E-state index contributed by atoms with van der Waals surface area (Å²) in [7, 11) is 0. The number of ketones is 1. The van der Waals surface area contributed by atoms with Crippen LogP contribution in [-0.4, -0.2) is 39.8 Å². The normalized spacial score (nSPS) is 17.7. The first-order valence-corrected chi connectivity index (χ1v) is 10.2. The molecule has 1 N–H and O–H groups in total. The van der Waals surface area contributed by atoms with Gasteiger partial charge in [0.15, 0.2) is 5.78 Å². The van der Waals surface area contributed by atoms with Gasteiger partial charge in [0.05, 0.1) is 11.0 Å². The lowest BCUT2D eigenvalue weighted by molar-refractivity contribution is 0.0798. The standard InChI is InChI=1S/C21H25N3OS/c1-13-12-26-21(22-13)16-8-10-24(11-9-16)15(3)20(25)19-14(2)23-18-7-5-4-6-17(18)19/h4-7,12,15-16,23H,8-11H2,1-3H3. The first-order chi connectivity index (χ1) is 12.5. The summed E-state index contributed by atoms with van der Waals surface area (Å²) in [6.07, 6.45) is 2.16. The summed E-state index contributed by atoms with van der Waals surface area (Å²) in [6, 6.07) is 7.98. The van der Waals surface area contributed by atoms with E-state index in [1.54, 1.807) is 11.3 Å². The highest BCUT2D eigenvalue weighted by molar-refractivity contribution is 7.09. The van der Waals surface area contributed by atoms with Crippen molar-refractivity contribution < 1.29 is 4.79 Å². The minimum absolute atomic E-state index is 0.0908. The van der Waals surface area contributed by atoms with Crippen molar-refractivity contribution in [3.05, 3.63) is 51.6 Å². The number of thiazole rings is 1. The number of para-hydroxylation sites is 1. The van der Waals surface area contributed by atoms with E-state index in [2.05, 4.69) is 34.1 Å². The molecule has 5 heteroatoms. The summed E-state index contributed by atoms with van der Waals surface area (Å²) in [5.41, 5.74) is 3.98. The van der Waals surface area contributed by atoms with E-state index in [0.29, 0.717) is 5.92 Å². The lowest BCUT2D eigenvalue weighted by Crippen LogP contribution is -2.43. The van der Waals surface area contributed by atoms with Crippen molar-refractivity contribution in [1.29, 1.82) is 0 Å². The maximum atomic E-state index is 13.2. The maximum absolute atomic E-state index is 13.2. The van der Waals surface area contributed by atoms with Gasteiger partial charge in [-0.3, -0.25) is 9.69 Å². The largest absolute Gasteiger partial charge is 0.358 e. The monoisotopic (exact) mass is 367 g/mol. The second-order valence-corrected chi connectivity index (χ2v) is 8.24. The number of piperidine rings is 1. The van der Waals surface area contributed by atoms with E-state index in [-0.39, 0.29) is 11.8 Å². The van der Waals surface area contributed by atoms with Gasteiger partial charge in [-0.25, -0.2) is 4.98 Å². The zero-order valence-corrected chi connectivity index (χ0v) is 16.4. The lowest BCUT2D eigenvalue weighted by atomic mass is 9.94. The van der Waals surface area contributed by atoms with E-state index in [1.165, 1.54) is 5.01 Å². The Hall–Kier alpha value is -1.98. The molecule has 3 heterocycles. The van der Waals surface area contributed by atoms with Crippen LogP contribution in [0.2, 0.25) is 0 Å². The van der Waals surface area contributed by atoms with Crippen LogP contribution in [0.15, 0.2) is 29.6 Å². The van der Waals surface area contributed by atoms with Crippen molar-refractivity contribution >= 4 is 28.0 Å². The lowest BCUT2D eigenvalue weighted by Gasteiger charge is -2.34. The molecule has 0 amide bonds. The number of nitrogens with one attached hydrogen (secondary N) is 1. The predicted octanol–water partition coefficient (Wildman–Crippen LogP) is 4.69. The van der Waals surface area contributed by atoms with E-state index in [0.717, 1.165) is 53.8 Å². The predicted molar refractivity (Wildman–Crippen MR) is 107 cm³/mol. The van der Waals surface area contributed by atoms with Gasteiger partial charge < -0.3 is 4.98 Å². The van der Waals surface area contributed by atoms with Gasteiger partial charge in [-0.2, -0.15) is 0 Å². The Morgan fingerprint density at radius 3 is 2.69 bits per heavy atom. The Kier molecular flexibility index (Phi) is 4.67. The molecular formula is C21H25N3OS. The van der Waals surface area contributed by atoms with Crippen molar-refractivity contribution in [2.24, 2.45) is 0 Å². The van der Waals surface area contributed by atoms with E-state index in [4.69, 9.17) is 0 Å². The fraction of sp³-hybridized carbons (Fsp3) is 0.429. The van der Waals surface area contributed by atoms with E-state index in [1.807, 2.05) is 31.2 Å². The Balaban J connectivity index is 1.48. The molecule has 1 atom stereocenters. The SMILES string of the molecule is Cc1csc(C2CCN(C(C)C(=O)c3c(C)[nH]c4ccccc34)CC2)n1. The number of likely N-dealkylation sites (tertiary alicyclic amines) is 1. The number of nitrogens with zero attached hydrogens (tertiary/aromatic N) is 2. The van der Waals surface area contributed by atoms with Crippen molar-refractivity contribution in [3.8, 4) is 0 Å². The quantitative estimate of drug-likeness (QED) is 0.681. The van der Waals surface area contributed by atoms with Gasteiger partial charge in [-0.05, 0) is 52.8 Å². The highest BCUT2D eigenvalue weighted by atomic mass is 32.1. The first-order valence-electron chi connectivity index (χ1n) is 9.32. The molecular weight excluding hydrogens is 342 g/mol. The summed E-state index contributed by atoms with van der Waals surface area (Å²) in [6.45, 7) is 8.02. The third kappa shape index (κ3) is 3.10. The number of rotatable bonds is 4. The Labute approximate surface area is 158 Å². The number of hydrogen-bond donors (Lipinski definition) is 1. The summed E-state index contributed by atoms with van der Waals surface area (Å²) >= 11 is 1.77. The number of benzene rings is 1. The molecule has 0 spiro atoms. The highest BCUT2D eigenvalue weighted by Gasteiger charge is 2.30. The summed E-state index contributed by atoms with van der Waals surface area (Å²) in [5.74, 6) is 0.769. The van der Waals surface area contributed by atoms with Gasteiger partial charge in [0.2, 0.25) is 0 Å². The smallest absolute Gasteiger partial charge is 0.182 e. The van der Waals surface area contributed by atoms with Gasteiger partial charge in [0.25, 0.3) is 0 Å². The number of carbonyl (C=O) groups is 1. The summed E-state index contributed by atoms with van der Waals surface area (Å²) in [4.78, 5) is 23.6. The van der Waals surface area contributed by atoms with Gasteiger partial charge in [-0.1, -0.05) is 18.2 Å². The van der Waals surface area contributed by atoms with Gasteiger partial charge in [-0.15, -0.1) is 11.3 Å². The summed E-state index contributed by atoms with van der Waals surface area (Å²) < 4.78 is 0. The molecule has 1 saturated heterocycles. The average molecular weight is 368 g/mol. The van der Waals surface area contributed by atoms with Crippen molar-refractivity contribution in [3.63, 3.8) is 0 Å². The van der Waals surface area contributed by atoms with Crippen molar-refractivity contribution in [2.75, 3.05) is 13.1 Å². The number of carbonyl (C=O) groups excluding carboxylic acids is 1. The number of aromatic amines is 1. The molecule has 1 unspecified atom stereocenters. The van der Waals surface area contributed by atoms with Gasteiger partial charge in [0.1, 0.15) is 0 Å². The third-order valence-electron chi connectivity index (χ3n) is 5.58. The van der Waals surface area contributed by atoms with E-state index >= 15 is 0 Å². The molecule has 1 aliphatic rings. The fourth-order valence-electron chi connectivity index (χ4n) is 4.06. The second-order valence-electron chi connectivity index (χ2n) is 7.35. The molecule has 3 aromatic rings.